The van der Waals surface area contributed by atoms with Gasteiger partial charge in [-0.15, -0.1) is 0 Å². The van der Waals surface area contributed by atoms with Crippen molar-refractivity contribution in [3.8, 4) is 11.1 Å². The minimum atomic E-state index is -0.687. The van der Waals surface area contributed by atoms with E-state index in [1.54, 1.807) is 0 Å². The van der Waals surface area contributed by atoms with Gasteiger partial charge in [-0.2, -0.15) is 0 Å². The van der Waals surface area contributed by atoms with E-state index in [0.717, 1.165) is 17.5 Å². The average Bonchev–Trinajstić information content (AvgIpc) is 3.05. The second kappa shape index (κ2) is 8.86. The monoisotopic (exact) mass is 422 g/mol. The Bertz CT molecular complexity index is 960. The zero-order valence-electron chi connectivity index (χ0n) is 19.6. The molecule has 0 aliphatic heterocycles. The topological polar surface area (TPSA) is 52.6 Å². The lowest BCUT2D eigenvalue weighted by molar-refractivity contribution is -0.155. The number of hydrogen-bond acceptors (Lipinski definition) is 4. The summed E-state index contributed by atoms with van der Waals surface area (Å²) in [6.45, 7) is 12.7. The Morgan fingerprint density at radius 2 is 1.45 bits per heavy atom. The molecule has 0 aromatic heterocycles. The average molecular weight is 423 g/mol. The third kappa shape index (κ3) is 6.19. The van der Waals surface area contributed by atoms with Crippen molar-refractivity contribution in [1.82, 2.24) is 0 Å². The van der Waals surface area contributed by atoms with Crippen LogP contribution in [0, 0.1) is 10.8 Å². The molecule has 31 heavy (non-hydrogen) atoms. The van der Waals surface area contributed by atoms with Crippen molar-refractivity contribution < 1.29 is 19.1 Å². The Kier molecular flexibility index (Phi) is 6.59. The summed E-state index contributed by atoms with van der Waals surface area (Å²) in [5, 5.41) is 0. The van der Waals surface area contributed by atoms with Gasteiger partial charge in [-0.1, -0.05) is 77.9 Å². The molecule has 0 radical (unpaired) electrons. The number of esters is 2. The van der Waals surface area contributed by atoms with Gasteiger partial charge in [0.2, 0.25) is 0 Å². The fourth-order valence-corrected chi connectivity index (χ4v) is 3.61. The van der Waals surface area contributed by atoms with Crippen LogP contribution >= 0.6 is 0 Å². The Labute approximate surface area is 186 Å². The maximum atomic E-state index is 13.0. The van der Waals surface area contributed by atoms with E-state index in [0.29, 0.717) is 13.2 Å². The van der Waals surface area contributed by atoms with Crippen LogP contribution < -0.4 is 0 Å². The molecule has 0 saturated heterocycles. The molecule has 0 fully saturated rings. The molecule has 0 bridgehead atoms. The summed E-state index contributed by atoms with van der Waals surface area (Å²) in [4.78, 5) is 25.6. The Hall–Kier alpha value is -2.62. The minimum Gasteiger partial charge on any atom is -0.465 e. The first-order valence-electron chi connectivity index (χ1n) is 11.0. The van der Waals surface area contributed by atoms with Gasteiger partial charge < -0.3 is 9.47 Å². The maximum Gasteiger partial charge on any atom is 0.314 e. The van der Waals surface area contributed by atoms with E-state index in [1.165, 1.54) is 16.7 Å². The molecule has 0 spiro atoms. The van der Waals surface area contributed by atoms with Crippen LogP contribution in [-0.4, -0.2) is 25.2 Å². The molecule has 1 aliphatic carbocycles. The molecule has 166 valence electrons. The van der Waals surface area contributed by atoms with E-state index >= 15 is 0 Å². The number of benzene rings is 2. The normalized spacial score (nSPS) is 13.9. The highest BCUT2D eigenvalue weighted by Crippen LogP contribution is 2.38. The van der Waals surface area contributed by atoms with Gasteiger partial charge in [0.15, 0.2) is 0 Å². The molecule has 2 aromatic carbocycles. The second-order valence-corrected chi connectivity index (χ2v) is 10.9. The molecule has 4 heteroatoms. The van der Waals surface area contributed by atoms with Gasteiger partial charge in [-0.25, -0.2) is 0 Å². The van der Waals surface area contributed by atoms with E-state index in [9.17, 15) is 9.59 Å². The minimum absolute atomic E-state index is 0.0283. The summed E-state index contributed by atoms with van der Waals surface area (Å²) in [5.74, 6) is -1.45. The lowest BCUT2D eigenvalue weighted by Crippen LogP contribution is -2.26. The van der Waals surface area contributed by atoms with Crippen molar-refractivity contribution in [1.29, 1.82) is 0 Å². The Balaban J connectivity index is 1.86. The van der Waals surface area contributed by atoms with Crippen molar-refractivity contribution in [3.05, 3.63) is 59.2 Å². The third-order valence-corrected chi connectivity index (χ3v) is 5.19. The number of rotatable bonds is 6. The summed E-state index contributed by atoms with van der Waals surface area (Å²) in [7, 11) is 0. The van der Waals surface area contributed by atoms with Crippen molar-refractivity contribution in [3.63, 3.8) is 0 Å². The van der Waals surface area contributed by atoms with Crippen LogP contribution in [0.25, 0.3) is 11.1 Å². The molecule has 0 heterocycles. The van der Waals surface area contributed by atoms with Gasteiger partial charge in [-0.3, -0.25) is 9.59 Å². The highest BCUT2D eigenvalue weighted by atomic mass is 16.5. The molecule has 3 rings (SSSR count). The van der Waals surface area contributed by atoms with E-state index in [1.807, 2.05) is 65.8 Å². The molecule has 2 aromatic rings. The van der Waals surface area contributed by atoms with E-state index in [2.05, 4.69) is 18.2 Å². The second-order valence-electron chi connectivity index (χ2n) is 10.9. The standard InChI is InChI=1S/C27H34O4/c1-26(2,3)16-30-24(28)15-23(25(29)31-17-27(4,5)6)20-12-11-19-13-18-9-7-8-10-21(18)22(19)14-20/h7-12,14,23H,13,15-17H2,1-6H3. The Morgan fingerprint density at radius 1 is 0.839 bits per heavy atom. The fraction of sp³-hybridized carbons (Fsp3) is 0.481. The van der Waals surface area contributed by atoms with Crippen LogP contribution in [0.3, 0.4) is 0 Å². The fourth-order valence-electron chi connectivity index (χ4n) is 3.61. The van der Waals surface area contributed by atoms with Crippen LogP contribution in [0.2, 0.25) is 0 Å². The van der Waals surface area contributed by atoms with Gasteiger partial charge >= 0.3 is 11.9 Å². The van der Waals surface area contributed by atoms with Gasteiger partial charge in [0.1, 0.15) is 0 Å². The van der Waals surface area contributed by atoms with Gasteiger partial charge in [0, 0.05) is 0 Å². The lowest BCUT2D eigenvalue weighted by Gasteiger charge is -2.23. The van der Waals surface area contributed by atoms with E-state index in [-0.39, 0.29) is 29.2 Å². The first kappa shape index (κ1) is 23.1. The summed E-state index contributed by atoms with van der Waals surface area (Å²) >= 11 is 0. The van der Waals surface area contributed by atoms with E-state index < -0.39 is 5.92 Å². The molecule has 0 N–H and O–H groups in total. The largest absolute Gasteiger partial charge is 0.465 e. The molecule has 1 atom stereocenters. The highest BCUT2D eigenvalue weighted by Gasteiger charge is 2.30. The summed E-state index contributed by atoms with van der Waals surface area (Å²) in [5.41, 5.74) is 5.36. The summed E-state index contributed by atoms with van der Waals surface area (Å²) in [6.07, 6.45) is 0.859. The van der Waals surface area contributed by atoms with Crippen LogP contribution in [0.4, 0.5) is 0 Å². The molecule has 1 aliphatic rings. The van der Waals surface area contributed by atoms with Crippen LogP contribution in [0.5, 0.6) is 0 Å². The summed E-state index contributed by atoms with van der Waals surface area (Å²) < 4.78 is 11.1. The van der Waals surface area contributed by atoms with Gasteiger partial charge in [-0.05, 0) is 51.1 Å². The van der Waals surface area contributed by atoms with Gasteiger partial charge in [0.25, 0.3) is 0 Å². The van der Waals surface area contributed by atoms with Crippen molar-refractivity contribution in [2.24, 2.45) is 10.8 Å². The zero-order chi connectivity index (χ0) is 22.8. The van der Waals surface area contributed by atoms with Crippen LogP contribution in [-0.2, 0) is 25.5 Å². The number of carbonyl (C=O) groups excluding carboxylic acids is 2. The van der Waals surface area contributed by atoms with Gasteiger partial charge in [0.05, 0.1) is 25.6 Å². The lowest BCUT2D eigenvalue weighted by atomic mass is 9.91. The first-order chi connectivity index (χ1) is 14.4. The van der Waals surface area contributed by atoms with Crippen molar-refractivity contribution in [2.75, 3.05) is 13.2 Å². The first-order valence-corrected chi connectivity index (χ1v) is 11.0. The summed E-state index contributed by atoms with van der Waals surface area (Å²) in [6, 6.07) is 14.4. The number of carbonyl (C=O) groups is 2. The smallest absolute Gasteiger partial charge is 0.314 e. The zero-order valence-corrected chi connectivity index (χ0v) is 19.6. The quantitative estimate of drug-likeness (QED) is 0.463. The molecular formula is C27H34O4. The van der Waals surface area contributed by atoms with Crippen LogP contribution in [0.15, 0.2) is 42.5 Å². The predicted octanol–water partition coefficient (Wildman–Crippen LogP) is 5.91. The molecule has 0 amide bonds. The molecule has 0 saturated carbocycles. The predicted molar refractivity (Wildman–Crippen MR) is 123 cm³/mol. The number of fused-ring (bicyclic) bond motifs is 3. The third-order valence-electron chi connectivity index (χ3n) is 5.19. The van der Waals surface area contributed by atoms with E-state index in [4.69, 9.17) is 9.47 Å². The highest BCUT2D eigenvalue weighted by molar-refractivity contribution is 5.86. The maximum absolute atomic E-state index is 13.0. The van der Waals surface area contributed by atoms with Crippen LogP contribution in [0.1, 0.15) is 70.6 Å². The van der Waals surface area contributed by atoms with Crippen molar-refractivity contribution in [2.45, 2.75) is 60.3 Å². The SMILES string of the molecule is CC(C)(C)COC(=O)CC(C(=O)OCC(C)(C)C)c1ccc2c(c1)-c1ccccc1C2. The van der Waals surface area contributed by atoms with Crippen molar-refractivity contribution >= 4 is 11.9 Å². The molecular weight excluding hydrogens is 388 g/mol. The number of hydrogen-bond donors (Lipinski definition) is 0. The Morgan fingerprint density at radius 3 is 2.13 bits per heavy atom. The molecule has 4 nitrogen and oxygen atoms in total. The molecule has 1 unspecified atom stereocenters. The number of ether oxygens (including phenoxy) is 2.